The fourth-order valence-corrected chi connectivity index (χ4v) is 4.60. The maximum absolute atomic E-state index is 6.03. The van der Waals surface area contributed by atoms with Crippen molar-refractivity contribution in [3.63, 3.8) is 0 Å². The van der Waals surface area contributed by atoms with Gasteiger partial charge >= 0.3 is 0 Å². The summed E-state index contributed by atoms with van der Waals surface area (Å²) in [6.45, 7) is 6.13. The SMILES string of the molecule is CCc1ccc(OCCCN2CCC(=C(c3ccccc3)c3ccccc3)CC2)c(OC)c1. The molecule has 0 atom stereocenters. The zero-order chi connectivity index (χ0) is 22.9. The van der Waals surface area contributed by atoms with E-state index in [-0.39, 0.29) is 0 Å². The lowest BCUT2D eigenvalue weighted by atomic mass is 9.88. The highest BCUT2D eigenvalue weighted by Gasteiger charge is 2.18. The van der Waals surface area contributed by atoms with Crippen molar-refractivity contribution < 1.29 is 9.47 Å². The van der Waals surface area contributed by atoms with Gasteiger partial charge in [-0.25, -0.2) is 0 Å². The highest BCUT2D eigenvalue weighted by atomic mass is 16.5. The van der Waals surface area contributed by atoms with Crippen molar-refractivity contribution in [2.45, 2.75) is 32.6 Å². The van der Waals surface area contributed by atoms with Gasteiger partial charge in [0.2, 0.25) is 0 Å². The molecule has 33 heavy (non-hydrogen) atoms. The largest absolute Gasteiger partial charge is 0.493 e. The molecular weight excluding hydrogens is 406 g/mol. The molecule has 3 heteroatoms. The Balaban J connectivity index is 1.33. The lowest BCUT2D eigenvalue weighted by molar-refractivity contribution is 0.220. The number of ether oxygens (including phenoxy) is 2. The Kier molecular flexibility index (Phi) is 8.21. The van der Waals surface area contributed by atoms with E-state index in [0.29, 0.717) is 6.61 Å². The van der Waals surface area contributed by atoms with Crippen LogP contribution in [0.1, 0.15) is 42.9 Å². The van der Waals surface area contributed by atoms with Crippen LogP contribution in [-0.4, -0.2) is 38.3 Å². The highest BCUT2D eigenvalue weighted by molar-refractivity contribution is 5.82. The van der Waals surface area contributed by atoms with Gasteiger partial charge < -0.3 is 14.4 Å². The molecule has 0 radical (unpaired) electrons. The quantitative estimate of drug-likeness (QED) is 0.348. The molecule has 1 saturated heterocycles. The van der Waals surface area contributed by atoms with Crippen LogP contribution in [-0.2, 0) is 6.42 Å². The van der Waals surface area contributed by atoms with E-state index in [1.165, 1.54) is 22.3 Å². The zero-order valence-corrected chi connectivity index (χ0v) is 19.9. The van der Waals surface area contributed by atoms with Gasteiger partial charge in [-0.1, -0.05) is 79.2 Å². The number of benzene rings is 3. The molecule has 4 rings (SSSR count). The number of hydrogen-bond acceptors (Lipinski definition) is 3. The predicted octanol–water partition coefficient (Wildman–Crippen LogP) is 6.62. The molecule has 3 nitrogen and oxygen atoms in total. The normalized spacial score (nSPS) is 14.2. The summed E-state index contributed by atoms with van der Waals surface area (Å²) in [5.41, 5.74) is 6.90. The van der Waals surface area contributed by atoms with Crippen LogP contribution in [0, 0.1) is 0 Å². The van der Waals surface area contributed by atoms with Gasteiger partial charge in [0.25, 0.3) is 0 Å². The third kappa shape index (κ3) is 6.06. The average molecular weight is 442 g/mol. The van der Waals surface area contributed by atoms with Gasteiger partial charge in [0.1, 0.15) is 0 Å². The minimum absolute atomic E-state index is 0.709. The fourth-order valence-electron chi connectivity index (χ4n) is 4.60. The number of methoxy groups -OCH3 is 1. The number of aryl methyl sites for hydroxylation is 1. The van der Waals surface area contributed by atoms with E-state index in [9.17, 15) is 0 Å². The van der Waals surface area contributed by atoms with Crippen LogP contribution in [0.4, 0.5) is 0 Å². The van der Waals surface area contributed by atoms with Gasteiger partial charge in [-0.2, -0.15) is 0 Å². The van der Waals surface area contributed by atoms with Crippen LogP contribution in [0.15, 0.2) is 84.4 Å². The molecule has 1 heterocycles. The summed E-state index contributed by atoms with van der Waals surface area (Å²) in [6, 6.07) is 27.9. The Hall–Kier alpha value is -3.04. The summed E-state index contributed by atoms with van der Waals surface area (Å²) in [5, 5.41) is 0. The minimum atomic E-state index is 0.709. The lowest BCUT2D eigenvalue weighted by Gasteiger charge is -2.30. The van der Waals surface area contributed by atoms with E-state index < -0.39 is 0 Å². The number of nitrogens with zero attached hydrogens (tertiary/aromatic N) is 1. The maximum atomic E-state index is 6.03. The Bertz CT molecular complexity index is 992. The summed E-state index contributed by atoms with van der Waals surface area (Å²) < 4.78 is 11.5. The monoisotopic (exact) mass is 441 g/mol. The Labute approximate surface area is 198 Å². The molecule has 0 saturated carbocycles. The summed E-state index contributed by atoms with van der Waals surface area (Å²) >= 11 is 0. The van der Waals surface area contributed by atoms with E-state index in [2.05, 4.69) is 84.6 Å². The van der Waals surface area contributed by atoms with Crippen LogP contribution in [0.3, 0.4) is 0 Å². The van der Waals surface area contributed by atoms with Gasteiger partial charge in [-0.15, -0.1) is 0 Å². The second-order valence-corrected chi connectivity index (χ2v) is 8.59. The molecule has 172 valence electrons. The van der Waals surface area contributed by atoms with E-state index in [4.69, 9.17) is 9.47 Å². The molecule has 0 N–H and O–H groups in total. The number of likely N-dealkylation sites (tertiary alicyclic amines) is 1. The van der Waals surface area contributed by atoms with Crippen molar-refractivity contribution >= 4 is 5.57 Å². The first-order valence-electron chi connectivity index (χ1n) is 12.1. The standard InChI is InChI=1S/C30H35NO2/c1-3-24-15-16-28(29(23-24)32-2)33-22-10-19-31-20-17-27(18-21-31)30(25-11-6-4-7-12-25)26-13-8-5-9-14-26/h4-9,11-16,23H,3,10,17-22H2,1-2H3. The molecule has 0 bridgehead atoms. The molecule has 0 spiro atoms. The molecule has 0 unspecified atom stereocenters. The van der Waals surface area contributed by atoms with Crippen LogP contribution in [0.25, 0.3) is 5.57 Å². The summed E-state index contributed by atoms with van der Waals surface area (Å²) in [7, 11) is 1.71. The maximum Gasteiger partial charge on any atom is 0.161 e. The van der Waals surface area contributed by atoms with Crippen molar-refractivity contribution in [3.8, 4) is 11.5 Å². The first kappa shape index (κ1) is 23.1. The molecular formula is C30H35NO2. The molecule has 3 aromatic rings. The molecule has 1 fully saturated rings. The zero-order valence-electron chi connectivity index (χ0n) is 19.9. The molecule has 1 aliphatic heterocycles. The number of rotatable bonds is 9. The molecule has 0 amide bonds. The summed E-state index contributed by atoms with van der Waals surface area (Å²) in [4.78, 5) is 2.57. The molecule has 0 aromatic heterocycles. The third-order valence-electron chi connectivity index (χ3n) is 6.45. The van der Waals surface area contributed by atoms with Crippen LogP contribution in [0.2, 0.25) is 0 Å². The van der Waals surface area contributed by atoms with E-state index >= 15 is 0 Å². The van der Waals surface area contributed by atoms with Crippen molar-refractivity contribution in [2.24, 2.45) is 0 Å². The summed E-state index contributed by atoms with van der Waals surface area (Å²) in [6.07, 6.45) is 4.25. The Morgan fingerprint density at radius 2 is 1.45 bits per heavy atom. The van der Waals surface area contributed by atoms with Crippen molar-refractivity contribution in [1.82, 2.24) is 4.90 Å². The second-order valence-electron chi connectivity index (χ2n) is 8.59. The number of piperidine rings is 1. The van der Waals surface area contributed by atoms with E-state index in [1.54, 1.807) is 12.7 Å². The average Bonchev–Trinajstić information content (AvgIpc) is 2.89. The van der Waals surface area contributed by atoms with Gasteiger partial charge in [0.15, 0.2) is 11.5 Å². The minimum Gasteiger partial charge on any atom is -0.493 e. The van der Waals surface area contributed by atoms with Crippen molar-refractivity contribution in [2.75, 3.05) is 33.4 Å². The van der Waals surface area contributed by atoms with Crippen LogP contribution >= 0.6 is 0 Å². The summed E-state index contributed by atoms with van der Waals surface area (Å²) in [5.74, 6) is 1.67. The third-order valence-corrected chi connectivity index (χ3v) is 6.45. The molecule has 0 aliphatic carbocycles. The predicted molar refractivity (Wildman–Crippen MR) is 137 cm³/mol. The molecule has 1 aliphatic rings. The Morgan fingerprint density at radius 3 is 2.03 bits per heavy atom. The van der Waals surface area contributed by atoms with Crippen LogP contribution in [0.5, 0.6) is 11.5 Å². The number of hydrogen-bond donors (Lipinski definition) is 0. The van der Waals surface area contributed by atoms with Gasteiger partial charge in [-0.3, -0.25) is 0 Å². The Morgan fingerprint density at radius 1 is 0.818 bits per heavy atom. The van der Waals surface area contributed by atoms with Gasteiger partial charge in [0, 0.05) is 19.6 Å². The van der Waals surface area contributed by atoms with Gasteiger partial charge in [0.05, 0.1) is 13.7 Å². The van der Waals surface area contributed by atoms with Crippen molar-refractivity contribution in [1.29, 1.82) is 0 Å². The first-order valence-corrected chi connectivity index (χ1v) is 12.1. The second kappa shape index (κ2) is 11.7. The van der Waals surface area contributed by atoms with E-state index in [1.807, 2.05) is 6.07 Å². The van der Waals surface area contributed by atoms with E-state index in [0.717, 1.165) is 56.8 Å². The lowest BCUT2D eigenvalue weighted by Crippen LogP contribution is -2.32. The van der Waals surface area contributed by atoms with Crippen molar-refractivity contribution in [3.05, 3.63) is 101 Å². The first-order chi connectivity index (χ1) is 16.3. The smallest absolute Gasteiger partial charge is 0.161 e. The molecule has 3 aromatic carbocycles. The highest BCUT2D eigenvalue weighted by Crippen LogP contribution is 2.32. The van der Waals surface area contributed by atoms with Crippen LogP contribution < -0.4 is 9.47 Å². The topological polar surface area (TPSA) is 21.7 Å². The van der Waals surface area contributed by atoms with Gasteiger partial charge in [-0.05, 0) is 60.1 Å². The fraction of sp³-hybridized carbons (Fsp3) is 0.333.